The van der Waals surface area contributed by atoms with Crippen LogP contribution in [0.2, 0.25) is 0 Å². The van der Waals surface area contributed by atoms with Gasteiger partial charge in [-0.05, 0) is 24.6 Å². The molecule has 0 aliphatic heterocycles. The SMILES string of the molecule is CC(O)(CN=[N+]=[N-])c1cn2ccnc2c(-c2ccc(C(F)(F)F)cc2)n1. The number of rotatable bonds is 4. The van der Waals surface area contributed by atoms with E-state index in [0.29, 0.717) is 16.9 Å². The van der Waals surface area contributed by atoms with Gasteiger partial charge in [-0.3, -0.25) is 0 Å². The summed E-state index contributed by atoms with van der Waals surface area (Å²) in [5, 5.41) is 13.9. The zero-order valence-corrected chi connectivity index (χ0v) is 13.5. The van der Waals surface area contributed by atoms with Crippen LogP contribution in [0.1, 0.15) is 18.2 Å². The van der Waals surface area contributed by atoms with E-state index in [2.05, 4.69) is 20.0 Å². The van der Waals surface area contributed by atoms with Gasteiger partial charge in [0.2, 0.25) is 0 Å². The van der Waals surface area contributed by atoms with Crippen molar-refractivity contribution >= 4 is 5.65 Å². The smallest absolute Gasteiger partial charge is 0.384 e. The highest BCUT2D eigenvalue weighted by molar-refractivity contribution is 5.74. The predicted octanol–water partition coefficient (Wildman–Crippen LogP) is 3.93. The Bertz CT molecular complexity index is 987. The molecule has 0 bridgehead atoms. The van der Waals surface area contributed by atoms with Gasteiger partial charge < -0.3 is 9.51 Å². The molecular formula is C16H13F3N6O. The lowest BCUT2D eigenvalue weighted by molar-refractivity contribution is -0.137. The van der Waals surface area contributed by atoms with Gasteiger partial charge in [-0.15, -0.1) is 0 Å². The minimum Gasteiger partial charge on any atom is -0.384 e. The molecule has 0 radical (unpaired) electrons. The molecule has 1 N–H and O–H groups in total. The van der Waals surface area contributed by atoms with E-state index in [9.17, 15) is 18.3 Å². The van der Waals surface area contributed by atoms with E-state index in [-0.39, 0.29) is 12.2 Å². The van der Waals surface area contributed by atoms with Crippen molar-refractivity contribution in [2.24, 2.45) is 5.11 Å². The van der Waals surface area contributed by atoms with Crippen molar-refractivity contribution in [3.8, 4) is 11.3 Å². The maximum absolute atomic E-state index is 12.8. The van der Waals surface area contributed by atoms with Crippen molar-refractivity contribution in [2.45, 2.75) is 18.7 Å². The maximum atomic E-state index is 12.8. The van der Waals surface area contributed by atoms with Crippen LogP contribution in [0.3, 0.4) is 0 Å². The number of hydrogen-bond acceptors (Lipinski definition) is 4. The molecule has 2 aromatic heterocycles. The average molecular weight is 362 g/mol. The highest BCUT2D eigenvalue weighted by Gasteiger charge is 2.30. The van der Waals surface area contributed by atoms with E-state index in [4.69, 9.17) is 5.53 Å². The van der Waals surface area contributed by atoms with Crippen LogP contribution in [0.25, 0.3) is 27.3 Å². The summed E-state index contributed by atoms with van der Waals surface area (Å²) in [7, 11) is 0. The monoisotopic (exact) mass is 362 g/mol. The van der Waals surface area contributed by atoms with Gasteiger partial charge >= 0.3 is 6.18 Å². The van der Waals surface area contributed by atoms with Crippen molar-refractivity contribution in [3.63, 3.8) is 0 Å². The molecule has 0 saturated carbocycles. The van der Waals surface area contributed by atoms with Crippen LogP contribution in [-0.2, 0) is 11.8 Å². The van der Waals surface area contributed by atoms with E-state index in [1.54, 1.807) is 10.6 Å². The topological polar surface area (TPSA) is 99.2 Å². The average Bonchev–Trinajstić information content (AvgIpc) is 3.07. The van der Waals surface area contributed by atoms with Crippen LogP contribution in [0.5, 0.6) is 0 Å². The molecule has 0 spiro atoms. The molecule has 1 aromatic carbocycles. The minimum atomic E-state index is -4.44. The molecule has 2 heterocycles. The molecule has 134 valence electrons. The van der Waals surface area contributed by atoms with E-state index in [1.807, 2.05) is 0 Å². The standard InChI is InChI=1S/C16H13F3N6O/c1-15(26,9-22-24-20)12-8-25-7-6-21-14(25)13(23-12)10-2-4-11(5-3-10)16(17,18)19/h2-8,26H,9H2,1H3. The first-order chi connectivity index (χ1) is 12.2. The molecule has 1 atom stereocenters. The molecule has 1 unspecified atom stereocenters. The number of alkyl halides is 3. The Hall–Kier alpha value is -3.10. The molecule has 7 nitrogen and oxygen atoms in total. The van der Waals surface area contributed by atoms with Gasteiger partial charge in [0.25, 0.3) is 0 Å². The first-order valence-corrected chi connectivity index (χ1v) is 7.47. The van der Waals surface area contributed by atoms with Gasteiger partial charge in [-0.2, -0.15) is 13.2 Å². The molecule has 0 fully saturated rings. The number of benzene rings is 1. The lowest BCUT2D eigenvalue weighted by Crippen LogP contribution is -2.27. The molecule has 3 rings (SSSR count). The summed E-state index contributed by atoms with van der Waals surface area (Å²) >= 11 is 0. The zero-order valence-electron chi connectivity index (χ0n) is 13.5. The Balaban J connectivity index is 2.13. The number of azide groups is 1. The highest BCUT2D eigenvalue weighted by atomic mass is 19.4. The van der Waals surface area contributed by atoms with E-state index >= 15 is 0 Å². The number of aromatic nitrogens is 3. The van der Waals surface area contributed by atoms with E-state index < -0.39 is 17.3 Å². The molecule has 0 amide bonds. The van der Waals surface area contributed by atoms with Crippen LogP contribution in [-0.4, -0.2) is 26.0 Å². The summed E-state index contributed by atoms with van der Waals surface area (Å²) in [5.41, 5.74) is 7.48. The number of nitrogens with zero attached hydrogens (tertiary/aromatic N) is 6. The third-order valence-corrected chi connectivity index (χ3v) is 3.85. The van der Waals surface area contributed by atoms with Crippen LogP contribution < -0.4 is 0 Å². The Labute approximate surface area is 145 Å². The van der Waals surface area contributed by atoms with Gasteiger partial charge in [-0.25, -0.2) is 9.97 Å². The molecular weight excluding hydrogens is 349 g/mol. The third-order valence-electron chi connectivity index (χ3n) is 3.85. The summed E-state index contributed by atoms with van der Waals surface area (Å²) in [5.74, 6) is 0. The molecule has 26 heavy (non-hydrogen) atoms. The number of aliphatic hydroxyl groups is 1. The van der Waals surface area contributed by atoms with Crippen molar-refractivity contribution in [2.75, 3.05) is 6.54 Å². The minimum absolute atomic E-state index is 0.199. The number of imidazole rings is 1. The van der Waals surface area contributed by atoms with Crippen LogP contribution in [0.4, 0.5) is 13.2 Å². The number of fused-ring (bicyclic) bond motifs is 1. The van der Waals surface area contributed by atoms with Crippen molar-refractivity contribution in [1.82, 2.24) is 14.4 Å². The lowest BCUT2D eigenvalue weighted by Gasteiger charge is -2.21. The van der Waals surface area contributed by atoms with Crippen LogP contribution in [0.15, 0.2) is 48.0 Å². The fourth-order valence-corrected chi connectivity index (χ4v) is 2.45. The normalized spacial score (nSPS) is 14.0. The van der Waals surface area contributed by atoms with Crippen molar-refractivity contribution in [3.05, 3.63) is 64.6 Å². The summed E-state index contributed by atoms with van der Waals surface area (Å²) in [6.07, 6.45) is 0.229. The van der Waals surface area contributed by atoms with Gasteiger partial charge in [0.05, 0.1) is 17.8 Å². The predicted molar refractivity (Wildman–Crippen MR) is 87.0 cm³/mol. The molecule has 10 heteroatoms. The number of hydrogen-bond donors (Lipinski definition) is 1. The van der Waals surface area contributed by atoms with Gasteiger partial charge in [0.15, 0.2) is 5.65 Å². The number of halogens is 3. The third kappa shape index (κ3) is 3.32. The fourth-order valence-electron chi connectivity index (χ4n) is 2.45. The Morgan fingerprint density at radius 2 is 1.96 bits per heavy atom. The first-order valence-electron chi connectivity index (χ1n) is 7.47. The molecule has 0 aliphatic rings. The molecule has 3 aromatic rings. The second-order valence-corrected chi connectivity index (χ2v) is 5.87. The van der Waals surface area contributed by atoms with Gasteiger partial charge in [0, 0.05) is 29.1 Å². The summed E-state index contributed by atoms with van der Waals surface area (Å²) < 4.78 is 39.9. The summed E-state index contributed by atoms with van der Waals surface area (Å²) in [6, 6.07) is 4.51. The van der Waals surface area contributed by atoms with Crippen LogP contribution in [0, 0.1) is 0 Å². The van der Waals surface area contributed by atoms with Gasteiger partial charge in [-0.1, -0.05) is 17.2 Å². The van der Waals surface area contributed by atoms with Crippen LogP contribution >= 0.6 is 0 Å². The lowest BCUT2D eigenvalue weighted by atomic mass is 10.0. The zero-order chi connectivity index (χ0) is 18.9. The quantitative estimate of drug-likeness (QED) is 0.432. The van der Waals surface area contributed by atoms with Crippen molar-refractivity contribution < 1.29 is 18.3 Å². The van der Waals surface area contributed by atoms with E-state index in [0.717, 1.165) is 12.1 Å². The molecule has 0 saturated heterocycles. The molecule has 0 aliphatic carbocycles. The largest absolute Gasteiger partial charge is 0.416 e. The van der Waals surface area contributed by atoms with Crippen molar-refractivity contribution in [1.29, 1.82) is 0 Å². The highest BCUT2D eigenvalue weighted by Crippen LogP contribution is 2.32. The second-order valence-electron chi connectivity index (χ2n) is 5.87. The summed E-state index contributed by atoms with van der Waals surface area (Å²) in [4.78, 5) is 11.2. The maximum Gasteiger partial charge on any atom is 0.416 e. The second kappa shape index (κ2) is 6.32. The first kappa shape index (κ1) is 17.7. The Morgan fingerprint density at radius 1 is 1.27 bits per heavy atom. The van der Waals surface area contributed by atoms with E-state index in [1.165, 1.54) is 31.5 Å². The fraction of sp³-hybridized carbons (Fsp3) is 0.250. The van der Waals surface area contributed by atoms with Gasteiger partial charge in [0.1, 0.15) is 11.3 Å². The summed E-state index contributed by atoms with van der Waals surface area (Å²) in [6.45, 7) is 1.19. The Morgan fingerprint density at radius 3 is 2.58 bits per heavy atom. The Kier molecular flexibility index (Phi) is 4.31.